The Labute approximate surface area is 179 Å². The molecule has 1 fully saturated rings. The highest BCUT2D eigenvalue weighted by atomic mass is 19.3. The molecule has 1 saturated heterocycles. The summed E-state index contributed by atoms with van der Waals surface area (Å²) in [6, 6.07) is 14.9. The number of likely N-dealkylation sites (tertiary alicyclic amines) is 1. The van der Waals surface area contributed by atoms with Crippen molar-refractivity contribution >= 4 is 23.3 Å². The Morgan fingerprint density at radius 2 is 1.77 bits per heavy atom. The van der Waals surface area contributed by atoms with E-state index in [1.807, 2.05) is 23.1 Å². The lowest BCUT2D eigenvalue weighted by molar-refractivity contribution is -0.118. The summed E-state index contributed by atoms with van der Waals surface area (Å²) in [4.78, 5) is 26.7. The summed E-state index contributed by atoms with van der Waals surface area (Å²) in [5.74, 6) is -0.411. The largest absolute Gasteiger partial charge is 0.433 e. The Bertz CT molecular complexity index is 867. The zero-order valence-electron chi connectivity index (χ0n) is 17.0. The van der Waals surface area contributed by atoms with Crippen LogP contribution in [0.25, 0.3) is 0 Å². The predicted octanol–water partition coefficient (Wildman–Crippen LogP) is 3.90. The second-order valence-corrected chi connectivity index (χ2v) is 7.24. The first-order valence-electron chi connectivity index (χ1n) is 10.2. The lowest BCUT2D eigenvalue weighted by atomic mass is 10.0. The van der Waals surface area contributed by atoms with Gasteiger partial charge in [0.05, 0.1) is 12.2 Å². The average molecular weight is 432 g/mol. The summed E-state index contributed by atoms with van der Waals surface area (Å²) < 4.78 is 29.6. The number of hydrogen-bond acceptors (Lipinski definition) is 4. The molecule has 7 nitrogen and oxygen atoms in total. The van der Waals surface area contributed by atoms with E-state index in [1.54, 1.807) is 24.3 Å². The number of nitrogens with one attached hydrogen (secondary N) is 3. The predicted molar refractivity (Wildman–Crippen MR) is 114 cm³/mol. The number of hydrogen-bond donors (Lipinski definition) is 3. The van der Waals surface area contributed by atoms with Gasteiger partial charge in [0.25, 0.3) is 0 Å². The van der Waals surface area contributed by atoms with Gasteiger partial charge in [-0.2, -0.15) is 8.78 Å². The third-order valence-corrected chi connectivity index (χ3v) is 5.00. The number of nitrogens with zero attached hydrogens (tertiary/aromatic N) is 1. The molecule has 1 aliphatic heterocycles. The van der Waals surface area contributed by atoms with E-state index < -0.39 is 6.61 Å². The third-order valence-electron chi connectivity index (χ3n) is 5.00. The Balaban J connectivity index is 1.52. The van der Waals surface area contributed by atoms with Crippen molar-refractivity contribution in [2.75, 3.05) is 30.3 Å². The molecule has 0 aliphatic carbocycles. The van der Waals surface area contributed by atoms with Crippen molar-refractivity contribution in [2.45, 2.75) is 31.9 Å². The number of piperidine rings is 1. The van der Waals surface area contributed by atoms with Crippen molar-refractivity contribution in [3.63, 3.8) is 0 Å². The summed E-state index contributed by atoms with van der Waals surface area (Å²) in [7, 11) is 0. The van der Waals surface area contributed by atoms with E-state index in [0.29, 0.717) is 12.2 Å². The van der Waals surface area contributed by atoms with Gasteiger partial charge in [-0.15, -0.1) is 0 Å². The molecule has 9 heteroatoms. The van der Waals surface area contributed by atoms with E-state index in [0.717, 1.165) is 25.8 Å². The van der Waals surface area contributed by atoms with Gasteiger partial charge in [0.2, 0.25) is 5.91 Å². The molecule has 0 spiro atoms. The second-order valence-electron chi connectivity index (χ2n) is 7.24. The van der Waals surface area contributed by atoms with Crippen LogP contribution < -0.4 is 20.7 Å². The lowest BCUT2D eigenvalue weighted by Crippen LogP contribution is -2.49. The van der Waals surface area contributed by atoms with Crippen LogP contribution in [0.15, 0.2) is 54.6 Å². The van der Waals surface area contributed by atoms with Crippen LogP contribution in [0.2, 0.25) is 0 Å². The number of rotatable bonds is 8. The molecule has 0 saturated carbocycles. The molecule has 1 unspecified atom stereocenters. The average Bonchev–Trinajstić information content (AvgIpc) is 2.75. The molecule has 1 aliphatic rings. The van der Waals surface area contributed by atoms with Crippen LogP contribution in [-0.4, -0.2) is 49.1 Å². The number of carbonyl (C=O) groups excluding carboxylic acids is 2. The molecule has 3 N–H and O–H groups in total. The van der Waals surface area contributed by atoms with E-state index in [9.17, 15) is 18.4 Å². The normalized spacial score (nSPS) is 16.5. The summed E-state index contributed by atoms with van der Waals surface area (Å²) in [5, 5.41) is 8.27. The molecule has 0 aromatic heterocycles. The van der Waals surface area contributed by atoms with Crippen molar-refractivity contribution in [2.24, 2.45) is 0 Å². The summed E-state index contributed by atoms with van der Waals surface area (Å²) in [6.45, 7) is -1.76. The topological polar surface area (TPSA) is 82.7 Å². The maximum Gasteiger partial charge on any atom is 0.387 e. The molecule has 0 radical (unpaired) electrons. The van der Waals surface area contributed by atoms with E-state index >= 15 is 0 Å². The van der Waals surface area contributed by atoms with Crippen molar-refractivity contribution in [3.8, 4) is 5.75 Å². The van der Waals surface area contributed by atoms with Gasteiger partial charge < -0.3 is 20.7 Å². The smallest absolute Gasteiger partial charge is 0.387 e. The summed E-state index contributed by atoms with van der Waals surface area (Å²) in [5.41, 5.74) is 0.895. The second kappa shape index (κ2) is 11.3. The number of alkyl halides is 2. The van der Waals surface area contributed by atoms with Crippen molar-refractivity contribution in [1.82, 2.24) is 10.2 Å². The van der Waals surface area contributed by atoms with Crippen molar-refractivity contribution < 1.29 is 23.1 Å². The molecule has 3 amide bonds. The van der Waals surface area contributed by atoms with Crippen LogP contribution in [0.4, 0.5) is 25.0 Å². The number of amides is 3. The molecule has 2 aromatic carbocycles. The van der Waals surface area contributed by atoms with Gasteiger partial charge in [-0.1, -0.05) is 36.8 Å². The first-order valence-corrected chi connectivity index (χ1v) is 10.2. The molecule has 1 heterocycles. The van der Waals surface area contributed by atoms with Gasteiger partial charge in [-0.25, -0.2) is 4.79 Å². The monoisotopic (exact) mass is 432 g/mol. The Morgan fingerprint density at radius 1 is 1.03 bits per heavy atom. The molecular weight excluding hydrogens is 406 g/mol. The number of carbonyl (C=O) groups is 2. The Kier molecular flexibility index (Phi) is 8.17. The van der Waals surface area contributed by atoms with Gasteiger partial charge in [0.15, 0.2) is 0 Å². The fraction of sp³-hybridized carbons (Fsp3) is 0.364. The maximum absolute atomic E-state index is 12.6. The van der Waals surface area contributed by atoms with Crippen molar-refractivity contribution in [3.05, 3.63) is 54.6 Å². The highest BCUT2D eigenvalue weighted by Crippen LogP contribution is 2.25. The maximum atomic E-state index is 12.6. The highest BCUT2D eigenvalue weighted by Gasteiger charge is 2.25. The van der Waals surface area contributed by atoms with Gasteiger partial charge in [0, 0.05) is 18.3 Å². The number of urea groups is 1. The van der Waals surface area contributed by atoms with Crippen LogP contribution >= 0.6 is 0 Å². The number of anilines is 2. The van der Waals surface area contributed by atoms with E-state index in [2.05, 4.69) is 20.7 Å². The number of benzene rings is 2. The number of para-hydroxylation sites is 3. The molecule has 2 aromatic rings. The highest BCUT2D eigenvalue weighted by molar-refractivity contribution is 5.93. The summed E-state index contributed by atoms with van der Waals surface area (Å²) >= 11 is 0. The zero-order chi connectivity index (χ0) is 22.1. The first kappa shape index (κ1) is 22.5. The van der Waals surface area contributed by atoms with E-state index in [1.165, 1.54) is 12.1 Å². The number of halogens is 2. The molecule has 3 rings (SSSR count). The van der Waals surface area contributed by atoms with Crippen LogP contribution in [0.3, 0.4) is 0 Å². The van der Waals surface area contributed by atoms with Gasteiger partial charge in [-0.3, -0.25) is 9.69 Å². The van der Waals surface area contributed by atoms with E-state index in [4.69, 9.17) is 0 Å². The Hall–Kier alpha value is -3.20. The fourth-order valence-corrected chi connectivity index (χ4v) is 3.55. The van der Waals surface area contributed by atoms with Crippen LogP contribution in [0.1, 0.15) is 19.3 Å². The zero-order valence-corrected chi connectivity index (χ0v) is 17.0. The lowest BCUT2D eigenvalue weighted by Gasteiger charge is -2.35. The van der Waals surface area contributed by atoms with Crippen LogP contribution in [0, 0.1) is 0 Å². The van der Waals surface area contributed by atoms with Gasteiger partial charge >= 0.3 is 12.6 Å². The standard InChI is InChI=1S/C22H26F2N4O3/c23-21(24)31-19-12-5-4-11-18(19)27-20(29)15-28-13-7-6-10-17(28)14-25-22(30)26-16-8-2-1-3-9-16/h1-5,8-9,11-12,17,21H,6-7,10,13-15H2,(H,27,29)(H2,25,26,30). The van der Waals surface area contributed by atoms with Crippen molar-refractivity contribution in [1.29, 1.82) is 0 Å². The molecule has 1 atom stereocenters. The fourth-order valence-electron chi connectivity index (χ4n) is 3.55. The van der Waals surface area contributed by atoms with Crippen LogP contribution in [-0.2, 0) is 4.79 Å². The molecule has 31 heavy (non-hydrogen) atoms. The minimum atomic E-state index is -2.97. The Morgan fingerprint density at radius 3 is 2.55 bits per heavy atom. The molecule has 0 bridgehead atoms. The molecule has 166 valence electrons. The SMILES string of the molecule is O=C(CN1CCCCC1CNC(=O)Nc1ccccc1)Nc1ccccc1OC(F)F. The van der Waals surface area contributed by atoms with E-state index in [-0.39, 0.29) is 36.0 Å². The van der Waals surface area contributed by atoms with Gasteiger partial charge in [-0.05, 0) is 43.7 Å². The third kappa shape index (κ3) is 7.21. The molecular formula is C22H26F2N4O3. The minimum Gasteiger partial charge on any atom is -0.433 e. The summed E-state index contributed by atoms with van der Waals surface area (Å²) in [6.07, 6.45) is 2.81. The van der Waals surface area contributed by atoms with Gasteiger partial charge in [0.1, 0.15) is 5.75 Å². The number of ether oxygens (including phenoxy) is 1. The minimum absolute atomic E-state index is 0.00795. The quantitative estimate of drug-likeness (QED) is 0.591. The van der Waals surface area contributed by atoms with Crippen LogP contribution in [0.5, 0.6) is 5.75 Å². The first-order chi connectivity index (χ1) is 15.0.